The molecule has 0 atom stereocenters. The van der Waals surface area contributed by atoms with Crippen molar-refractivity contribution in [1.82, 2.24) is 19.3 Å². The summed E-state index contributed by atoms with van der Waals surface area (Å²) in [5.41, 5.74) is 0.155. The Morgan fingerprint density at radius 2 is 1.93 bits per heavy atom. The first kappa shape index (κ1) is 21.7. The third kappa shape index (κ3) is 4.78. The number of halogens is 3. The number of imidazole rings is 1. The monoisotopic (exact) mass is 441 g/mol. The number of hydrogen-bond acceptors (Lipinski definition) is 6. The van der Waals surface area contributed by atoms with Gasteiger partial charge in [0.15, 0.2) is 0 Å². The molecule has 0 radical (unpaired) electrons. The molecular weight excluding hydrogens is 423 g/mol. The Hall–Kier alpha value is -2.96. The molecule has 0 aliphatic carbocycles. The fourth-order valence-corrected chi connectivity index (χ4v) is 3.59. The van der Waals surface area contributed by atoms with E-state index in [9.17, 15) is 21.6 Å². The van der Waals surface area contributed by atoms with Crippen molar-refractivity contribution in [3.05, 3.63) is 54.6 Å². The Kier molecular flexibility index (Phi) is 6.10. The lowest BCUT2D eigenvalue weighted by molar-refractivity contribution is -0.137. The van der Waals surface area contributed by atoms with Gasteiger partial charge >= 0.3 is 6.18 Å². The van der Waals surface area contributed by atoms with E-state index >= 15 is 0 Å². The third-order valence-corrected chi connectivity index (χ3v) is 5.64. The molecule has 0 unspecified atom stereocenters. The van der Waals surface area contributed by atoms with Gasteiger partial charge in [-0.25, -0.2) is 23.1 Å². The third-order valence-electron chi connectivity index (χ3n) is 4.17. The number of anilines is 2. The Balaban J connectivity index is 1.98. The van der Waals surface area contributed by atoms with E-state index in [0.29, 0.717) is 17.6 Å². The maximum Gasteiger partial charge on any atom is 0.417 e. The van der Waals surface area contributed by atoms with Crippen LogP contribution in [0.3, 0.4) is 0 Å². The first-order valence-electron chi connectivity index (χ1n) is 8.65. The lowest BCUT2D eigenvalue weighted by atomic mass is 10.1. The van der Waals surface area contributed by atoms with Crippen molar-refractivity contribution in [3.8, 4) is 11.3 Å². The van der Waals surface area contributed by atoms with Crippen LogP contribution in [0.5, 0.6) is 0 Å². The van der Waals surface area contributed by atoms with Crippen molar-refractivity contribution in [2.75, 3.05) is 19.0 Å². The van der Waals surface area contributed by atoms with E-state index in [0.717, 1.165) is 6.07 Å². The Morgan fingerprint density at radius 1 is 1.17 bits per heavy atom. The van der Waals surface area contributed by atoms with Crippen LogP contribution in [0, 0.1) is 0 Å². The molecule has 2 aromatic heterocycles. The van der Waals surface area contributed by atoms with E-state index < -0.39 is 21.8 Å². The van der Waals surface area contributed by atoms with Gasteiger partial charge in [-0.15, -0.1) is 0 Å². The Labute approximate surface area is 170 Å². The highest BCUT2D eigenvalue weighted by Gasteiger charge is 2.30. The molecule has 0 aliphatic rings. The molecule has 0 aliphatic heterocycles. The molecule has 0 amide bonds. The van der Waals surface area contributed by atoms with E-state index in [1.165, 1.54) is 37.6 Å². The van der Waals surface area contributed by atoms with E-state index in [1.54, 1.807) is 10.8 Å². The van der Waals surface area contributed by atoms with Crippen molar-refractivity contribution in [2.45, 2.75) is 17.6 Å². The lowest BCUT2D eigenvalue weighted by Crippen LogP contribution is -2.19. The van der Waals surface area contributed by atoms with Crippen LogP contribution in [-0.2, 0) is 22.7 Å². The smallest absolute Gasteiger partial charge is 0.395 e. The number of alkyl halides is 3. The number of benzene rings is 1. The standard InChI is InChI=1S/C18H18F3N5O3S/c1-22-30(28,29)16-4-3-13(8-14(16)15-10-26(6-7-27)11-24-15)25-17-5-2-12(9-23-17)18(19,20)21/h2-5,8-11,22,27H,6-7H2,1H3,(H,23,25). The van der Waals surface area contributed by atoms with Crippen LogP contribution in [0.25, 0.3) is 11.3 Å². The van der Waals surface area contributed by atoms with Gasteiger partial charge in [-0.2, -0.15) is 13.2 Å². The van der Waals surface area contributed by atoms with E-state index in [-0.39, 0.29) is 29.4 Å². The van der Waals surface area contributed by atoms with Gasteiger partial charge in [0.1, 0.15) is 5.82 Å². The van der Waals surface area contributed by atoms with Gasteiger partial charge in [0.05, 0.1) is 29.1 Å². The van der Waals surface area contributed by atoms with Gasteiger partial charge in [0, 0.05) is 30.2 Å². The zero-order valence-corrected chi connectivity index (χ0v) is 16.5. The molecule has 0 saturated heterocycles. The second kappa shape index (κ2) is 8.42. The van der Waals surface area contributed by atoms with Crippen molar-refractivity contribution in [3.63, 3.8) is 0 Å². The van der Waals surface area contributed by atoms with Crippen LogP contribution >= 0.6 is 0 Å². The van der Waals surface area contributed by atoms with Crippen LogP contribution in [0.15, 0.2) is 53.9 Å². The van der Waals surface area contributed by atoms with E-state index in [4.69, 9.17) is 5.11 Å². The lowest BCUT2D eigenvalue weighted by Gasteiger charge is -2.12. The van der Waals surface area contributed by atoms with Crippen LogP contribution in [0.2, 0.25) is 0 Å². The molecule has 2 heterocycles. The second-order valence-corrected chi connectivity index (χ2v) is 8.05. The molecule has 3 rings (SSSR count). The Bertz CT molecular complexity index is 1130. The minimum Gasteiger partial charge on any atom is -0.395 e. The number of rotatable bonds is 7. The highest BCUT2D eigenvalue weighted by molar-refractivity contribution is 7.89. The molecule has 1 aromatic carbocycles. The summed E-state index contributed by atoms with van der Waals surface area (Å²) in [6.07, 6.45) is -0.742. The first-order chi connectivity index (χ1) is 14.1. The number of nitrogens with one attached hydrogen (secondary N) is 2. The highest BCUT2D eigenvalue weighted by Crippen LogP contribution is 2.32. The summed E-state index contributed by atoms with van der Waals surface area (Å²) >= 11 is 0. The molecule has 0 fully saturated rings. The molecule has 0 saturated carbocycles. The maximum atomic E-state index is 12.7. The van der Waals surface area contributed by atoms with Crippen LogP contribution in [0.4, 0.5) is 24.7 Å². The maximum absolute atomic E-state index is 12.7. The van der Waals surface area contributed by atoms with Crippen molar-refractivity contribution in [2.24, 2.45) is 0 Å². The SMILES string of the molecule is CNS(=O)(=O)c1ccc(Nc2ccc(C(F)(F)F)cn2)cc1-c1cn(CCO)cn1. The summed E-state index contributed by atoms with van der Waals surface area (Å²) in [6, 6.07) is 6.41. The van der Waals surface area contributed by atoms with Crippen LogP contribution in [-0.4, -0.2) is 41.7 Å². The van der Waals surface area contributed by atoms with E-state index in [2.05, 4.69) is 20.0 Å². The summed E-state index contributed by atoms with van der Waals surface area (Å²) in [5.74, 6) is 0.156. The first-order valence-corrected chi connectivity index (χ1v) is 10.1. The largest absolute Gasteiger partial charge is 0.417 e. The normalized spacial score (nSPS) is 12.2. The number of hydrogen-bond donors (Lipinski definition) is 3. The van der Waals surface area contributed by atoms with Crippen molar-refractivity contribution < 1.29 is 26.7 Å². The molecule has 0 bridgehead atoms. The summed E-state index contributed by atoms with van der Waals surface area (Å²) in [4.78, 5) is 7.92. The summed E-state index contributed by atoms with van der Waals surface area (Å²) in [7, 11) is -2.53. The van der Waals surface area contributed by atoms with E-state index in [1.807, 2.05) is 0 Å². The zero-order chi connectivity index (χ0) is 21.9. The number of aliphatic hydroxyl groups excluding tert-OH is 1. The van der Waals surface area contributed by atoms with Gasteiger partial charge in [-0.1, -0.05) is 0 Å². The average molecular weight is 441 g/mol. The number of aromatic nitrogens is 3. The van der Waals surface area contributed by atoms with Gasteiger partial charge in [0.2, 0.25) is 10.0 Å². The molecule has 3 N–H and O–H groups in total. The number of aliphatic hydroxyl groups is 1. The van der Waals surface area contributed by atoms with Gasteiger partial charge in [-0.05, 0) is 37.4 Å². The fourth-order valence-electron chi connectivity index (χ4n) is 2.67. The van der Waals surface area contributed by atoms with Crippen molar-refractivity contribution >= 4 is 21.5 Å². The fraction of sp³-hybridized carbons (Fsp3) is 0.222. The molecule has 160 valence electrons. The predicted molar refractivity (Wildman–Crippen MR) is 104 cm³/mol. The molecule has 30 heavy (non-hydrogen) atoms. The number of nitrogens with zero attached hydrogens (tertiary/aromatic N) is 3. The molecule has 3 aromatic rings. The quantitative estimate of drug-likeness (QED) is 0.520. The summed E-state index contributed by atoms with van der Waals surface area (Å²) in [6.45, 7) is 0.174. The van der Waals surface area contributed by atoms with Crippen LogP contribution < -0.4 is 10.0 Å². The minimum absolute atomic E-state index is 0.0230. The Morgan fingerprint density at radius 3 is 2.53 bits per heavy atom. The van der Waals surface area contributed by atoms with Gasteiger partial charge in [-0.3, -0.25) is 0 Å². The number of sulfonamides is 1. The predicted octanol–water partition coefficient (Wildman–Crippen LogP) is 2.61. The average Bonchev–Trinajstić information content (AvgIpc) is 3.16. The number of pyridine rings is 1. The molecular formula is C18H18F3N5O3S. The second-order valence-electron chi connectivity index (χ2n) is 6.19. The molecule has 12 heteroatoms. The van der Waals surface area contributed by atoms with Crippen molar-refractivity contribution in [1.29, 1.82) is 0 Å². The van der Waals surface area contributed by atoms with Gasteiger partial charge in [0.25, 0.3) is 0 Å². The summed E-state index contributed by atoms with van der Waals surface area (Å²) < 4.78 is 66.7. The summed E-state index contributed by atoms with van der Waals surface area (Å²) in [5, 5.41) is 11.9. The highest BCUT2D eigenvalue weighted by atomic mass is 32.2. The van der Waals surface area contributed by atoms with Gasteiger partial charge < -0.3 is 15.0 Å². The zero-order valence-electron chi connectivity index (χ0n) is 15.7. The molecule has 8 nitrogen and oxygen atoms in total. The van der Waals surface area contributed by atoms with Crippen LogP contribution in [0.1, 0.15) is 5.56 Å². The molecule has 0 spiro atoms. The topological polar surface area (TPSA) is 109 Å². The minimum atomic E-state index is -4.49.